The number of allylic oxidation sites excluding steroid dienone is 2. The first-order chi connectivity index (χ1) is 17.2. The van der Waals surface area contributed by atoms with Gasteiger partial charge in [-0.1, -0.05) is 61.7 Å². The number of aromatic nitrogens is 1. The Morgan fingerprint density at radius 1 is 1.03 bits per heavy atom. The predicted molar refractivity (Wildman–Crippen MR) is 135 cm³/mol. The zero-order chi connectivity index (χ0) is 26.1. The van der Waals surface area contributed by atoms with E-state index in [2.05, 4.69) is 22.9 Å². The second kappa shape index (κ2) is 11.7. The summed E-state index contributed by atoms with van der Waals surface area (Å²) in [6.45, 7) is 7.93. The molecule has 36 heavy (non-hydrogen) atoms. The molecule has 0 unspecified atom stereocenters. The number of carbonyl (C=O) groups excluding carboxylic acids is 1. The van der Waals surface area contributed by atoms with Crippen LogP contribution < -0.4 is 15.4 Å². The van der Waals surface area contributed by atoms with Crippen molar-refractivity contribution in [1.29, 1.82) is 0 Å². The van der Waals surface area contributed by atoms with E-state index in [1.54, 1.807) is 35.3 Å². The molecular weight excluding hydrogens is 469 g/mol. The van der Waals surface area contributed by atoms with E-state index in [-0.39, 0.29) is 30.3 Å². The number of nitrogens with zero attached hydrogens (tertiary/aromatic N) is 3. The van der Waals surface area contributed by atoms with Gasteiger partial charge in [0, 0.05) is 19.3 Å². The number of benzene rings is 2. The third kappa shape index (κ3) is 6.99. The van der Waals surface area contributed by atoms with Crippen molar-refractivity contribution in [2.45, 2.75) is 12.9 Å². The van der Waals surface area contributed by atoms with Crippen LogP contribution in [0.2, 0.25) is 0 Å². The number of hydrogen-bond acceptors (Lipinski definition) is 4. The first kappa shape index (κ1) is 26.1. The van der Waals surface area contributed by atoms with Gasteiger partial charge in [-0.05, 0) is 47.5 Å². The van der Waals surface area contributed by atoms with E-state index < -0.39 is 18.1 Å². The lowest BCUT2D eigenvalue weighted by molar-refractivity contribution is -0.274. The number of halogens is 3. The van der Waals surface area contributed by atoms with E-state index in [1.807, 2.05) is 30.3 Å². The zero-order valence-electron chi connectivity index (χ0n) is 19.4. The summed E-state index contributed by atoms with van der Waals surface area (Å²) in [6, 6.07) is 17.0. The number of hydrogen-bond donors (Lipinski definition) is 1. The summed E-state index contributed by atoms with van der Waals surface area (Å²) in [5, 5.41) is 0. The van der Waals surface area contributed by atoms with Crippen molar-refractivity contribution in [3.8, 4) is 5.75 Å². The second-order valence-electron chi connectivity index (χ2n) is 7.60. The van der Waals surface area contributed by atoms with Gasteiger partial charge in [0.2, 0.25) is 0 Å². The molecule has 0 bridgehead atoms. The lowest BCUT2D eigenvalue weighted by Crippen LogP contribution is -2.42. The molecule has 0 aliphatic carbocycles. The van der Waals surface area contributed by atoms with Crippen LogP contribution in [0, 0.1) is 0 Å². The number of pyridine rings is 1. The highest BCUT2D eigenvalue weighted by Crippen LogP contribution is 2.32. The van der Waals surface area contributed by atoms with Crippen LogP contribution in [0.15, 0.2) is 110 Å². The summed E-state index contributed by atoms with van der Waals surface area (Å²) in [5.41, 5.74) is 8.22. The van der Waals surface area contributed by atoms with E-state index in [1.165, 1.54) is 23.2 Å². The van der Waals surface area contributed by atoms with Gasteiger partial charge in [0.15, 0.2) is 5.82 Å². The predicted octanol–water partition coefficient (Wildman–Crippen LogP) is 6.62. The first-order valence-corrected chi connectivity index (χ1v) is 10.8. The van der Waals surface area contributed by atoms with Crippen LogP contribution in [0.5, 0.6) is 5.75 Å². The van der Waals surface area contributed by atoms with E-state index in [9.17, 15) is 18.0 Å². The number of anilines is 3. The number of nitrogen functional groups attached to an aromatic ring is 1. The molecule has 1 aromatic heterocycles. The normalized spacial score (nSPS) is 11.5. The quantitative estimate of drug-likeness (QED) is 0.339. The average Bonchev–Trinajstić information content (AvgIpc) is 2.85. The highest BCUT2D eigenvalue weighted by atomic mass is 19.4. The van der Waals surface area contributed by atoms with E-state index in [0.717, 1.165) is 23.3 Å². The number of urea groups is 1. The van der Waals surface area contributed by atoms with Crippen LogP contribution in [-0.2, 0) is 6.54 Å². The molecule has 2 N–H and O–H groups in total. The number of carbonyl (C=O) groups is 1. The highest BCUT2D eigenvalue weighted by Gasteiger charge is 2.32. The van der Waals surface area contributed by atoms with Crippen LogP contribution in [0.1, 0.15) is 5.56 Å². The number of ether oxygens (including phenoxy) is 1. The summed E-state index contributed by atoms with van der Waals surface area (Å²) < 4.78 is 41.9. The summed E-state index contributed by atoms with van der Waals surface area (Å²) in [7, 11) is 0. The van der Waals surface area contributed by atoms with Crippen molar-refractivity contribution in [3.63, 3.8) is 0 Å². The molecule has 6 nitrogen and oxygen atoms in total. The van der Waals surface area contributed by atoms with Crippen LogP contribution in [0.25, 0.3) is 0 Å². The molecule has 2 amide bonds. The molecular formula is C27H25F3N4O2. The lowest BCUT2D eigenvalue weighted by atomic mass is 10.1. The molecule has 0 spiro atoms. The van der Waals surface area contributed by atoms with Crippen LogP contribution >= 0.6 is 0 Å². The van der Waals surface area contributed by atoms with Crippen molar-refractivity contribution in [1.82, 2.24) is 9.88 Å². The van der Waals surface area contributed by atoms with Gasteiger partial charge < -0.3 is 15.4 Å². The molecule has 0 saturated heterocycles. The van der Waals surface area contributed by atoms with Crippen molar-refractivity contribution in [2.24, 2.45) is 0 Å². The maximum absolute atomic E-state index is 14.0. The first-order valence-electron chi connectivity index (χ1n) is 10.8. The van der Waals surface area contributed by atoms with Gasteiger partial charge in [0.05, 0.1) is 11.4 Å². The zero-order valence-corrected chi connectivity index (χ0v) is 19.4. The van der Waals surface area contributed by atoms with E-state index >= 15 is 0 Å². The molecule has 0 saturated carbocycles. The second-order valence-corrected chi connectivity index (χ2v) is 7.60. The average molecular weight is 495 g/mol. The summed E-state index contributed by atoms with van der Waals surface area (Å²) in [6.07, 6.45) is 1.59. The fourth-order valence-electron chi connectivity index (χ4n) is 3.41. The van der Waals surface area contributed by atoms with Crippen LogP contribution in [0.3, 0.4) is 0 Å². The third-order valence-electron chi connectivity index (χ3n) is 5.00. The smallest absolute Gasteiger partial charge is 0.406 e. The van der Waals surface area contributed by atoms with E-state index in [0.29, 0.717) is 0 Å². The minimum Gasteiger partial charge on any atom is -0.406 e. The molecule has 0 atom stereocenters. The number of amides is 2. The molecule has 0 radical (unpaired) electrons. The molecule has 3 rings (SSSR count). The van der Waals surface area contributed by atoms with Gasteiger partial charge in [0.1, 0.15) is 5.75 Å². The van der Waals surface area contributed by atoms with Crippen molar-refractivity contribution in [2.75, 3.05) is 17.2 Å². The Balaban J connectivity index is 2.06. The van der Waals surface area contributed by atoms with Gasteiger partial charge in [-0.15, -0.1) is 13.2 Å². The summed E-state index contributed by atoms with van der Waals surface area (Å²) in [5.74, 6) is -0.283. The topological polar surface area (TPSA) is 71.7 Å². The molecule has 9 heteroatoms. The Morgan fingerprint density at radius 2 is 1.72 bits per heavy atom. The standard InChI is InChI=1S/C27H25F3N4O2/c1-3-9-20(4-2)18-33(19-21-10-6-5-7-11-21)26(35)34(25-24(31)12-8-17-32-25)22-13-15-23(16-14-22)36-27(28,29)30/h3-17H,1-2,18-19,31H2/b20-9+. The van der Waals surface area contributed by atoms with Gasteiger partial charge in [0.25, 0.3) is 0 Å². The van der Waals surface area contributed by atoms with Crippen molar-refractivity contribution in [3.05, 3.63) is 115 Å². The molecule has 0 aliphatic rings. The van der Waals surface area contributed by atoms with Gasteiger partial charge >= 0.3 is 12.4 Å². The fourth-order valence-corrected chi connectivity index (χ4v) is 3.41. The van der Waals surface area contributed by atoms with Crippen molar-refractivity contribution < 1.29 is 22.7 Å². The molecule has 0 fully saturated rings. The number of alkyl halides is 3. The molecule has 1 heterocycles. The highest BCUT2D eigenvalue weighted by molar-refractivity contribution is 6.01. The van der Waals surface area contributed by atoms with Gasteiger partial charge in [-0.3, -0.25) is 0 Å². The van der Waals surface area contributed by atoms with Crippen LogP contribution in [-0.4, -0.2) is 28.8 Å². The Hall–Kier alpha value is -4.53. The largest absolute Gasteiger partial charge is 0.573 e. The third-order valence-corrected chi connectivity index (χ3v) is 5.00. The van der Waals surface area contributed by atoms with Gasteiger partial charge in [-0.2, -0.15) is 0 Å². The molecule has 3 aromatic rings. The summed E-state index contributed by atoms with van der Waals surface area (Å²) in [4.78, 5) is 21.1. The maximum Gasteiger partial charge on any atom is 0.573 e. The van der Waals surface area contributed by atoms with Crippen molar-refractivity contribution >= 4 is 23.2 Å². The Labute approximate surface area is 207 Å². The molecule has 186 valence electrons. The SMILES string of the molecule is C=C/C=C(\C=C)CN(Cc1ccccc1)C(=O)N(c1ccc(OC(F)(F)F)cc1)c1ncccc1N. The number of nitrogens with two attached hydrogens (primary N) is 1. The summed E-state index contributed by atoms with van der Waals surface area (Å²) >= 11 is 0. The maximum atomic E-state index is 14.0. The lowest BCUT2D eigenvalue weighted by Gasteiger charge is -2.31. The molecule has 0 aliphatic heterocycles. The Bertz CT molecular complexity index is 1230. The Kier molecular flexibility index (Phi) is 8.51. The minimum absolute atomic E-state index is 0.137. The fraction of sp³-hybridized carbons (Fsp3) is 0.111. The Morgan fingerprint density at radius 3 is 2.31 bits per heavy atom. The van der Waals surface area contributed by atoms with Crippen LogP contribution in [0.4, 0.5) is 35.2 Å². The monoisotopic (exact) mass is 494 g/mol. The minimum atomic E-state index is -4.84. The van der Waals surface area contributed by atoms with Gasteiger partial charge in [-0.25, -0.2) is 14.7 Å². The molecule has 2 aromatic carbocycles. The van der Waals surface area contributed by atoms with E-state index in [4.69, 9.17) is 5.73 Å². The number of rotatable bonds is 9.